The first kappa shape index (κ1) is 13.6. The van der Waals surface area contributed by atoms with Gasteiger partial charge in [0.15, 0.2) is 0 Å². The second-order valence-corrected chi connectivity index (χ2v) is 8.37. The van der Waals surface area contributed by atoms with Gasteiger partial charge in [-0.05, 0) is 38.3 Å². The van der Waals surface area contributed by atoms with E-state index in [1.54, 1.807) is 0 Å². The molecule has 3 rings (SSSR count). The Bertz CT molecular complexity index is 722. The van der Waals surface area contributed by atoms with E-state index in [2.05, 4.69) is 89.2 Å². The molecule has 0 N–H and O–H groups in total. The molecule has 0 amide bonds. The lowest BCUT2D eigenvalue weighted by molar-refractivity contribution is 1.36. The van der Waals surface area contributed by atoms with Gasteiger partial charge in [-0.3, -0.25) is 0 Å². The van der Waals surface area contributed by atoms with Gasteiger partial charge in [0, 0.05) is 4.47 Å². The predicted molar refractivity (Wildman–Crippen MR) is 93.0 cm³/mol. The normalized spacial score (nSPS) is 11.2. The van der Waals surface area contributed by atoms with Gasteiger partial charge in [-0.15, -0.1) is 0 Å². The average Bonchev–Trinajstić information content (AvgIpc) is 2.51. The molecule has 20 heavy (non-hydrogen) atoms. The molecule has 1 radical (unpaired) electrons. The molecule has 0 atom stereocenters. The number of fused-ring (bicyclic) bond motifs is 1. The summed E-state index contributed by atoms with van der Waals surface area (Å²) in [5, 5.41) is 4.11. The van der Waals surface area contributed by atoms with Crippen LogP contribution in [0.25, 0.3) is 10.8 Å². The van der Waals surface area contributed by atoms with Crippen molar-refractivity contribution in [1.82, 2.24) is 0 Å². The Morgan fingerprint density at radius 2 is 1.55 bits per heavy atom. The molecule has 0 spiro atoms. The molecular formula is C18H16BrSi. The van der Waals surface area contributed by atoms with Gasteiger partial charge in [0.1, 0.15) is 0 Å². The predicted octanol–water partition coefficient (Wildman–Crippen LogP) is 4.72. The van der Waals surface area contributed by atoms with E-state index in [0.29, 0.717) is 0 Å². The molecule has 2 heteroatoms. The second-order valence-electron chi connectivity index (χ2n) is 5.08. The van der Waals surface area contributed by atoms with Crippen LogP contribution in [0.1, 0.15) is 5.56 Å². The van der Waals surface area contributed by atoms with Crippen molar-refractivity contribution in [3.05, 3.63) is 76.8 Å². The van der Waals surface area contributed by atoms with E-state index < -0.39 is 8.80 Å². The molecule has 0 aliphatic rings. The Morgan fingerprint density at radius 3 is 2.35 bits per heavy atom. The van der Waals surface area contributed by atoms with E-state index in [-0.39, 0.29) is 0 Å². The smallest absolute Gasteiger partial charge is 0.0666 e. The van der Waals surface area contributed by atoms with Crippen molar-refractivity contribution < 1.29 is 0 Å². The molecule has 0 aromatic heterocycles. The first-order valence-electron chi connectivity index (χ1n) is 6.79. The SMILES string of the molecule is C[Si](Cc1ccc2ccccc2c1Br)c1ccccc1. The van der Waals surface area contributed by atoms with E-state index in [9.17, 15) is 0 Å². The van der Waals surface area contributed by atoms with Gasteiger partial charge >= 0.3 is 0 Å². The van der Waals surface area contributed by atoms with Crippen LogP contribution in [0.5, 0.6) is 0 Å². The van der Waals surface area contributed by atoms with Crippen molar-refractivity contribution in [1.29, 1.82) is 0 Å². The van der Waals surface area contributed by atoms with E-state index in [0.717, 1.165) is 6.04 Å². The minimum absolute atomic E-state index is 0.540. The molecule has 3 aromatic rings. The molecule has 0 fully saturated rings. The molecular weight excluding hydrogens is 324 g/mol. The Balaban J connectivity index is 1.93. The summed E-state index contributed by atoms with van der Waals surface area (Å²) >= 11 is 3.80. The number of rotatable bonds is 3. The Morgan fingerprint density at radius 1 is 0.850 bits per heavy atom. The number of hydrogen-bond donors (Lipinski definition) is 0. The maximum Gasteiger partial charge on any atom is 0.0869 e. The fraction of sp³-hybridized carbons (Fsp3) is 0.111. The minimum Gasteiger partial charge on any atom is -0.0666 e. The average molecular weight is 340 g/mol. The summed E-state index contributed by atoms with van der Waals surface area (Å²) in [5.74, 6) is 0. The van der Waals surface area contributed by atoms with Crippen LogP contribution in [0.4, 0.5) is 0 Å². The highest BCUT2D eigenvalue weighted by molar-refractivity contribution is 9.10. The van der Waals surface area contributed by atoms with Gasteiger partial charge in [0.05, 0.1) is 8.80 Å². The number of benzene rings is 3. The third-order valence-electron chi connectivity index (χ3n) is 3.67. The standard InChI is InChI=1S/C18H16BrSi/c1-20(16-8-3-2-4-9-16)13-15-12-11-14-7-5-6-10-17(14)18(15)19/h2-12H,13H2,1H3. The van der Waals surface area contributed by atoms with Crippen LogP contribution in [0.2, 0.25) is 6.55 Å². The molecule has 99 valence electrons. The maximum absolute atomic E-state index is 3.80. The topological polar surface area (TPSA) is 0 Å². The zero-order valence-electron chi connectivity index (χ0n) is 11.4. The molecule has 3 aromatic carbocycles. The lowest BCUT2D eigenvalue weighted by atomic mass is 10.1. The van der Waals surface area contributed by atoms with Crippen LogP contribution in [-0.2, 0) is 6.04 Å². The largest absolute Gasteiger partial charge is 0.0869 e. The van der Waals surface area contributed by atoms with Gasteiger partial charge < -0.3 is 0 Å². The first-order valence-corrected chi connectivity index (χ1v) is 9.79. The third-order valence-corrected chi connectivity index (χ3v) is 6.83. The fourth-order valence-corrected chi connectivity index (χ4v) is 5.25. The zero-order chi connectivity index (χ0) is 13.9. The van der Waals surface area contributed by atoms with Crippen molar-refractivity contribution >= 4 is 40.7 Å². The Labute approximate surface area is 130 Å². The van der Waals surface area contributed by atoms with Crippen LogP contribution in [0.15, 0.2) is 71.2 Å². The molecule has 0 aliphatic carbocycles. The van der Waals surface area contributed by atoms with Crippen molar-refractivity contribution in [2.45, 2.75) is 12.6 Å². The molecule has 0 saturated heterocycles. The van der Waals surface area contributed by atoms with Crippen LogP contribution in [-0.4, -0.2) is 8.80 Å². The highest BCUT2D eigenvalue weighted by Gasteiger charge is 2.12. The Hall–Kier alpha value is -1.38. The van der Waals surface area contributed by atoms with Gasteiger partial charge in [-0.25, -0.2) is 0 Å². The van der Waals surface area contributed by atoms with Crippen LogP contribution < -0.4 is 5.19 Å². The van der Waals surface area contributed by atoms with Crippen LogP contribution in [0.3, 0.4) is 0 Å². The van der Waals surface area contributed by atoms with Crippen molar-refractivity contribution in [3.63, 3.8) is 0 Å². The van der Waals surface area contributed by atoms with Crippen molar-refractivity contribution in [2.75, 3.05) is 0 Å². The summed E-state index contributed by atoms with van der Waals surface area (Å²) in [4.78, 5) is 0. The zero-order valence-corrected chi connectivity index (χ0v) is 14.0. The van der Waals surface area contributed by atoms with E-state index in [4.69, 9.17) is 0 Å². The highest BCUT2D eigenvalue weighted by atomic mass is 79.9. The summed E-state index contributed by atoms with van der Waals surface area (Å²) in [6.45, 7) is 2.39. The van der Waals surface area contributed by atoms with Gasteiger partial charge in [0.25, 0.3) is 0 Å². The van der Waals surface area contributed by atoms with E-state index >= 15 is 0 Å². The Kier molecular flexibility index (Phi) is 4.04. The first-order chi connectivity index (χ1) is 9.75. The van der Waals surface area contributed by atoms with E-state index in [1.807, 2.05) is 0 Å². The third kappa shape index (κ3) is 2.72. The van der Waals surface area contributed by atoms with Crippen molar-refractivity contribution in [2.24, 2.45) is 0 Å². The van der Waals surface area contributed by atoms with Gasteiger partial charge in [-0.2, -0.15) is 0 Å². The monoisotopic (exact) mass is 339 g/mol. The second kappa shape index (κ2) is 5.94. The maximum atomic E-state index is 3.80. The molecule has 0 unspecified atom stereocenters. The minimum atomic E-state index is -0.540. The molecule has 0 heterocycles. The summed E-state index contributed by atoms with van der Waals surface area (Å²) < 4.78 is 1.26. The lowest BCUT2D eigenvalue weighted by Crippen LogP contribution is -2.29. The lowest BCUT2D eigenvalue weighted by Gasteiger charge is -2.13. The number of halogens is 1. The summed E-state index contributed by atoms with van der Waals surface area (Å²) in [6.07, 6.45) is 0. The van der Waals surface area contributed by atoms with Crippen LogP contribution >= 0.6 is 15.9 Å². The fourth-order valence-electron chi connectivity index (χ4n) is 2.53. The summed E-state index contributed by atoms with van der Waals surface area (Å²) in [6, 6.07) is 25.1. The summed E-state index contributed by atoms with van der Waals surface area (Å²) in [5.41, 5.74) is 1.42. The molecule has 0 saturated carbocycles. The van der Waals surface area contributed by atoms with Crippen molar-refractivity contribution in [3.8, 4) is 0 Å². The van der Waals surface area contributed by atoms with Gasteiger partial charge in [-0.1, -0.05) is 78.5 Å². The van der Waals surface area contributed by atoms with E-state index in [1.165, 1.54) is 26.0 Å². The van der Waals surface area contributed by atoms with Crippen LogP contribution in [0, 0.1) is 0 Å². The molecule has 0 nitrogen and oxygen atoms in total. The van der Waals surface area contributed by atoms with Gasteiger partial charge in [0.2, 0.25) is 0 Å². The number of hydrogen-bond acceptors (Lipinski definition) is 0. The molecule has 0 aliphatic heterocycles. The quantitative estimate of drug-likeness (QED) is 0.606. The molecule has 0 bridgehead atoms. The summed E-state index contributed by atoms with van der Waals surface area (Å²) in [7, 11) is -0.540. The highest BCUT2D eigenvalue weighted by Crippen LogP contribution is 2.28.